The molecule has 0 aliphatic carbocycles. The zero-order valence-electron chi connectivity index (χ0n) is 8.94. The molecule has 4 nitrogen and oxygen atoms in total. The highest BCUT2D eigenvalue weighted by molar-refractivity contribution is 7.15. The van der Waals surface area contributed by atoms with Gasteiger partial charge in [-0.15, -0.1) is 11.3 Å². The van der Waals surface area contributed by atoms with Gasteiger partial charge in [0.1, 0.15) is 10.6 Å². The molecule has 0 saturated carbocycles. The van der Waals surface area contributed by atoms with Gasteiger partial charge in [-0.3, -0.25) is 0 Å². The maximum Gasteiger partial charge on any atom is 0.350 e. The van der Waals surface area contributed by atoms with E-state index in [4.69, 9.17) is 10.2 Å². The summed E-state index contributed by atoms with van der Waals surface area (Å²) in [6.45, 7) is 1.89. The first-order chi connectivity index (χ1) is 7.65. The Hall–Kier alpha value is -1.75. The molecule has 0 aliphatic rings. The largest absolute Gasteiger partial charge is 0.465 e. The second kappa shape index (κ2) is 4.02. The summed E-state index contributed by atoms with van der Waals surface area (Å²) in [7, 11) is 1.34. The molecule has 0 saturated heterocycles. The normalized spacial score (nSPS) is 10.4. The third-order valence-electron chi connectivity index (χ3n) is 2.26. The zero-order chi connectivity index (χ0) is 11.7. The molecule has 0 bridgehead atoms. The van der Waals surface area contributed by atoms with E-state index < -0.39 is 5.97 Å². The van der Waals surface area contributed by atoms with Crippen LogP contribution in [0.2, 0.25) is 0 Å². The number of thiophene rings is 1. The summed E-state index contributed by atoms with van der Waals surface area (Å²) in [5.74, 6) is 0.254. The quantitative estimate of drug-likeness (QED) is 0.815. The molecule has 5 heteroatoms. The topological polar surface area (TPSA) is 65.5 Å². The minimum Gasteiger partial charge on any atom is -0.465 e. The summed E-state index contributed by atoms with van der Waals surface area (Å²) in [5.41, 5.74) is 7.12. The van der Waals surface area contributed by atoms with Crippen LogP contribution in [-0.4, -0.2) is 13.1 Å². The van der Waals surface area contributed by atoms with Crippen LogP contribution in [0.4, 0.5) is 5.69 Å². The van der Waals surface area contributed by atoms with Gasteiger partial charge in [0.15, 0.2) is 0 Å². The lowest BCUT2D eigenvalue weighted by molar-refractivity contribution is 0.0607. The molecule has 0 aromatic carbocycles. The van der Waals surface area contributed by atoms with E-state index in [1.165, 1.54) is 18.4 Å². The van der Waals surface area contributed by atoms with E-state index in [0.717, 1.165) is 10.4 Å². The van der Waals surface area contributed by atoms with Crippen LogP contribution in [0, 0.1) is 6.92 Å². The van der Waals surface area contributed by atoms with Gasteiger partial charge in [-0.1, -0.05) is 0 Å². The molecule has 0 fully saturated rings. The molecule has 0 aliphatic heterocycles. The highest BCUT2D eigenvalue weighted by atomic mass is 32.1. The minimum atomic E-state index is -0.414. The van der Waals surface area contributed by atoms with Crippen molar-refractivity contribution >= 4 is 23.0 Å². The lowest BCUT2D eigenvalue weighted by Gasteiger charge is -1.99. The van der Waals surface area contributed by atoms with Crippen LogP contribution < -0.4 is 5.73 Å². The average Bonchev–Trinajstić information content (AvgIpc) is 2.86. The van der Waals surface area contributed by atoms with Crippen molar-refractivity contribution in [3.8, 4) is 11.3 Å². The fourth-order valence-corrected chi connectivity index (χ4v) is 2.53. The minimum absolute atomic E-state index is 0.414. The number of ether oxygens (including phenoxy) is 1. The van der Waals surface area contributed by atoms with E-state index in [9.17, 15) is 4.79 Å². The lowest BCUT2D eigenvalue weighted by Crippen LogP contribution is -2.02. The molecule has 0 unspecified atom stereocenters. The van der Waals surface area contributed by atoms with Crippen LogP contribution in [0.3, 0.4) is 0 Å². The number of hydrogen-bond acceptors (Lipinski definition) is 5. The number of nitrogens with two attached hydrogens (primary N) is 1. The summed E-state index contributed by atoms with van der Waals surface area (Å²) in [4.78, 5) is 12.8. The van der Waals surface area contributed by atoms with Crippen LogP contribution in [0.25, 0.3) is 11.3 Å². The van der Waals surface area contributed by atoms with Gasteiger partial charge < -0.3 is 14.9 Å². The number of aryl methyl sites for hydroxylation is 1. The van der Waals surface area contributed by atoms with Crippen molar-refractivity contribution in [1.82, 2.24) is 0 Å². The van der Waals surface area contributed by atoms with Gasteiger partial charge >= 0.3 is 5.97 Å². The number of esters is 1. The maximum absolute atomic E-state index is 11.4. The maximum atomic E-state index is 11.4. The van der Waals surface area contributed by atoms with Crippen molar-refractivity contribution in [2.45, 2.75) is 6.92 Å². The molecule has 2 heterocycles. The van der Waals surface area contributed by atoms with E-state index in [1.54, 1.807) is 12.3 Å². The summed E-state index contributed by atoms with van der Waals surface area (Å²) in [6.07, 6.45) is 1.57. The van der Waals surface area contributed by atoms with Crippen molar-refractivity contribution < 1.29 is 13.9 Å². The third-order valence-corrected chi connectivity index (χ3v) is 3.36. The van der Waals surface area contributed by atoms with Crippen LogP contribution in [-0.2, 0) is 4.74 Å². The SMILES string of the molecule is COC(=O)c1sc(C)c(-c2ccco2)c1N. The van der Waals surface area contributed by atoms with E-state index in [1.807, 2.05) is 13.0 Å². The van der Waals surface area contributed by atoms with Gasteiger partial charge in [0.2, 0.25) is 0 Å². The summed E-state index contributed by atoms with van der Waals surface area (Å²) < 4.78 is 9.95. The van der Waals surface area contributed by atoms with Gasteiger partial charge in [0, 0.05) is 4.88 Å². The number of carbonyl (C=O) groups excluding carboxylic acids is 1. The Morgan fingerprint density at radius 3 is 2.88 bits per heavy atom. The molecule has 0 spiro atoms. The fourth-order valence-electron chi connectivity index (χ4n) is 1.53. The Morgan fingerprint density at radius 2 is 2.31 bits per heavy atom. The van der Waals surface area contributed by atoms with Crippen LogP contribution >= 0.6 is 11.3 Å². The van der Waals surface area contributed by atoms with Gasteiger partial charge in [0.05, 0.1) is 24.6 Å². The van der Waals surface area contributed by atoms with Crippen molar-refractivity contribution in [2.24, 2.45) is 0 Å². The van der Waals surface area contributed by atoms with Crippen LogP contribution in [0.15, 0.2) is 22.8 Å². The van der Waals surface area contributed by atoms with Crippen LogP contribution in [0.1, 0.15) is 14.5 Å². The number of hydrogen-bond donors (Lipinski definition) is 1. The summed E-state index contributed by atoms with van der Waals surface area (Å²) in [6, 6.07) is 3.59. The highest BCUT2D eigenvalue weighted by Gasteiger charge is 2.21. The summed E-state index contributed by atoms with van der Waals surface area (Å²) >= 11 is 1.31. The number of furan rings is 1. The molecule has 84 valence electrons. The predicted octanol–water partition coefficient (Wildman–Crippen LogP) is 2.69. The number of nitrogen functional groups attached to an aromatic ring is 1. The van der Waals surface area contributed by atoms with Gasteiger partial charge in [0.25, 0.3) is 0 Å². The molecule has 0 radical (unpaired) electrons. The Balaban J connectivity index is 2.56. The molecule has 0 amide bonds. The Bertz CT molecular complexity index is 514. The fraction of sp³-hybridized carbons (Fsp3) is 0.182. The van der Waals surface area contributed by atoms with Crippen molar-refractivity contribution in [3.63, 3.8) is 0 Å². The van der Waals surface area contributed by atoms with Crippen LogP contribution in [0.5, 0.6) is 0 Å². The smallest absolute Gasteiger partial charge is 0.350 e. The molecule has 2 N–H and O–H groups in total. The van der Waals surface area contributed by atoms with Crippen molar-refractivity contribution in [3.05, 3.63) is 28.2 Å². The van der Waals surface area contributed by atoms with Crippen molar-refractivity contribution in [2.75, 3.05) is 12.8 Å². The number of rotatable bonds is 2. The Morgan fingerprint density at radius 1 is 1.56 bits per heavy atom. The first kappa shape index (κ1) is 10.8. The number of carbonyl (C=O) groups is 1. The average molecular weight is 237 g/mol. The Labute approximate surface area is 96.6 Å². The summed E-state index contributed by atoms with van der Waals surface area (Å²) in [5, 5.41) is 0. The predicted molar refractivity (Wildman–Crippen MR) is 62.5 cm³/mol. The van der Waals surface area contributed by atoms with Crippen molar-refractivity contribution in [1.29, 1.82) is 0 Å². The Kier molecular flexibility index (Phi) is 2.70. The number of anilines is 1. The van der Waals surface area contributed by atoms with Gasteiger partial charge in [-0.05, 0) is 19.1 Å². The number of methoxy groups -OCH3 is 1. The molecule has 0 atom stereocenters. The zero-order valence-corrected chi connectivity index (χ0v) is 9.76. The molecular formula is C11H11NO3S. The first-order valence-electron chi connectivity index (χ1n) is 4.66. The standard InChI is InChI=1S/C11H11NO3S/c1-6-8(7-4-3-5-15-7)9(12)10(16-6)11(13)14-2/h3-5H,12H2,1-2H3. The second-order valence-corrected chi connectivity index (χ2v) is 4.47. The first-order valence-corrected chi connectivity index (χ1v) is 5.48. The molecule has 2 rings (SSSR count). The third kappa shape index (κ3) is 1.59. The van der Waals surface area contributed by atoms with E-state index in [0.29, 0.717) is 16.3 Å². The molecular weight excluding hydrogens is 226 g/mol. The monoisotopic (exact) mass is 237 g/mol. The molecule has 16 heavy (non-hydrogen) atoms. The van der Waals surface area contributed by atoms with Gasteiger partial charge in [-0.2, -0.15) is 0 Å². The highest BCUT2D eigenvalue weighted by Crippen LogP contribution is 2.38. The van der Waals surface area contributed by atoms with E-state index in [-0.39, 0.29) is 0 Å². The molecule has 2 aromatic rings. The van der Waals surface area contributed by atoms with E-state index in [2.05, 4.69) is 4.74 Å². The lowest BCUT2D eigenvalue weighted by atomic mass is 10.1. The van der Waals surface area contributed by atoms with Gasteiger partial charge in [-0.25, -0.2) is 4.79 Å². The molecule has 2 aromatic heterocycles. The van der Waals surface area contributed by atoms with E-state index >= 15 is 0 Å². The second-order valence-electron chi connectivity index (χ2n) is 3.24.